The molecule has 0 amide bonds. The van der Waals surface area contributed by atoms with Crippen molar-refractivity contribution >= 4 is 16.1 Å². The van der Waals surface area contributed by atoms with E-state index >= 15 is 0 Å². The van der Waals surface area contributed by atoms with Gasteiger partial charge in [0.1, 0.15) is 6.61 Å². The van der Waals surface area contributed by atoms with Crippen LogP contribution in [0, 0.1) is 52.3 Å². The van der Waals surface area contributed by atoms with Gasteiger partial charge in [-0.25, -0.2) is 4.79 Å². The molecule has 2 aliphatic carbocycles. The van der Waals surface area contributed by atoms with Gasteiger partial charge in [0.15, 0.2) is 0 Å². The van der Waals surface area contributed by atoms with Crippen LogP contribution in [-0.4, -0.2) is 44.0 Å². The van der Waals surface area contributed by atoms with Gasteiger partial charge in [0, 0.05) is 0 Å². The first-order valence-electron chi connectivity index (χ1n) is 8.08. The summed E-state index contributed by atoms with van der Waals surface area (Å²) >= 11 is 0. The van der Waals surface area contributed by atoms with Crippen molar-refractivity contribution < 1.29 is 36.0 Å². The summed E-state index contributed by atoms with van der Waals surface area (Å²) in [6, 6.07) is 4.31. The molecule has 0 spiro atoms. The topological polar surface area (TPSA) is 137 Å². The van der Waals surface area contributed by atoms with Crippen molar-refractivity contribution in [3.05, 3.63) is 12.2 Å². The number of carbonyl (C=O) groups excluding carboxylic acids is 1. The van der Waals surface area contributed by atoms with Gasteiger partial charge in [-0.3, -0.25) is 4.55 Å². The predicted molar refractivity (Wildman–Crippen MR) is 85.3 cm³/mol. The van der Waals surface area contributed by atoms with Crippen molar-refractivity contribution in [1.29, 1.82) is 10.5 Å². The van der Waals surface area contributed by atoms with E-state index in [0.29, 0.717) is 6.42 Å². The Labute approximate surface area is 155 Å². The number of nitriles is 2. The lowest BCUT2D eigenvalue weighted by Gasteiger charge is -2.28. The van der Waals surface area contributed by atoms with E-state index in [1.807, 2.05) is 0 Å². The van der Waals surface area contributed by atoms with E-state index in [9.17, 15) is 27.3 Å². The maximum Gasteiger partial charge on any atom is 0.392 e. The van der Waals surface area contributed by atoms with Gasteiger partial charge in [0.05, 0.1) is 42.8 Å². The average molecular weight is 404 g/mol. The molecule has 0 aromatic heterocycles. The first-order valence-corrected chi connectivity index (χ1v) is 9.52. The quantitative estimate of drug-likeness (QED) is 0.365. The van der Waals surface area contributed by atoms with Crippen LogP contribution in [0.2, 0.25) is 0 Å². The summed E-state index contributed by atoms with van der Waals surface area (Å²) in [5.41, 5.74) is -0.295. The first-order chi connectivity index (χ1) is 12.5. The minimum atomic E-state index is -5.61. The third kappa shape index (κ3) is 4.43. The van der Waals surface area contributed by atoms with E-state index in [1.165, 1.54) is 0 Å². The van der Waals surface area contributed by atoms with Gasteiger partial charge in [-0.05, 0) is 30.6 Å². The highest BCUT2D eigenvalue weighted by atomic mass is 32.2. The number of halogens is 2. The average Bonchev–Trinajstić information content (AvgIpc) is 3.15. The van der Waals surface area contributed by atoms with E-state index in [2.05, 4.69) is 23.5 Å². The molecule has 5 unspecified atom stereocenters. The fourth-order valence-corrected chi connectivity index (χ4v) is 3.99. The fraction of sp³-hybridized carbons (Fsp3) is 0.688. The number of alkyl halides is 2. The maximum atomic E-state index is 13.0. The van der Waals surface area contributed by atoms with Crippen LogP contribution in [0.4, 0.5) is 8.78 Å². The molecule has 2 rings (SSSR count). The first kappa shape index (κ1) is 21.2. The molecule has 0 aromatic carbocycles. The second-order valence-corrected chi connectivity index (χ2v) is 8.32. The summed E-state index contributed by atoms with van der Waals surface area (Å²) in [5, 5.41) is 13.9. The summed E-state index contributed by atoms with van der Waals surface area (Å²) in [4.78, 5) is 11.9. The van der Waals surface area contributed by atoms with Gasteiger partial charge in [0.2, 0.25) is 0 Å². The van der Waals surface area contributed by atoms with Crippen molar-refractivity contribution in [1.82, 2.24) is 0 Å². The van der Waals surface area contributed by atoms with Crippen LogP contribution in [0.3, 0.4) is 0 Å². The Morgan fingerprint density at radius 2 is 1.89 bits per heavy atom. The molecule has 0 saturated heterocycles. The third-order valence-corrected chi connectivity index (χ3v) is 5.95. The molecular weight excluding hydrogens is 386 g/mol. The predicted octanol–water partition coefficient (Wildman–Crippen LogP) is 1.52. The zero-order valence-corrected chi connectivity index (χ0v) is 15.0. The molecule has 148 valence electrons. The van der Waals surface area contributed by atoms with E-state index in [1.54, 1.807) is 0 Å². The number of nitrogens with zero attached hydrogens (tertiary/aromatic N) is 2. The molecule has 27 heavy (non-hydrogen) atoms. The summed E-state index contributed by atoms with van der Waals surface area (Å²) in [6.07, 6.45) is 1.39. The van der Waals surface area contributed by atoms with Crippen LogP contribution < -0.4 is 0 Å². The largest absolute Gasteiger partial charge is 0.462 e. The molecule has 0 aliphatic heterocycles. The Kier molecular flexibility index (Phi) is 6.20. The van der Waals surface area contributed by atoms with E-state index in [-0.39, 0.29) is 35.9 Å². The number of fused-ring (bicyclic) bond motifs is 2. The molecule has 2 fully saturated rings. The minimum absolute atomic E-state index is 0.0104. The highest BCUT2D eigenvalue weighted by Gasteiger charge is 2.53. The smallest absolute Gasteiger partial charge is 0.392 e. The lowest BCUT2D eigenvalue weighted by molar-refractivity contribution is -0.142. The number of carbonyl (C=O) groups is 1. The highest BCUT2D eigenvalue weighted by Crippen LogP contribution is 2.54. The molecule has 0 heterocycles. The van der Waals surface area contributed by atoms with Crippen LogP contribution in [0.15, 0.2) is 12.2 Å². The van der Waals surface area contributed by atoms with Crippen LogP contribution in [0.5, 0.6) is 0 Å². The molecule has 0 aromatic rings. The number of rotatable bonds is 8. The fourth-order valence-electron chi connectivity index (χ4n) is 3.76. The van der Waals surface area contributed by atoms with Crippen molar-refractivity contribution in [3.8, 4) is 12.1 Å². The molecular formula is C16H18F2N2O6S. The standard InChI is InChI=1S/C16H18F2N2O6S/c1-9(6-25-8-16(17,18)27(22,23)24)15(21)26-7-11-2-10-3-12(11)14(5-20)13(10)4-19/h10-14H,1-3,6-8H2,(H,22,23,24). The van der Waals surface area contributed by atoms with Gasteiger partial charge in [-0.2, -0.15) is 27.7 Å². The second kappa shape index (κ2) is 7.89. The van der Waals surface area contributed by atoms with Gasteiger partial charge in [0.25, 0.3) is 0 Å². The van der Waals surface area contributed by atoms with E-state index < -0.39 is 40.5 Å². The molecule has 1 N–H and O–H groups in total. The monoisotopic (exact) mass is 404 g/mol. The zero-order chi connectivity index (χ0) is 20.4. The van der Waals surface area contributed by atoms with Gasteiger partial charge >= 0.3 is 21.3 Å². The molecule has 2 saturated carbocycles. The molecule has 5 atom stereocenters. The lowest BCUT2D eigenvalue weighted by atomic mass is 9.75. The second-order valence-electron chi connectivity index (χ2n) is 6.77. The van der Waals surface area contributed by atoms with Crippen molar-refractivity contribution in [2.45, 2.75) is 18.1 Å². The molecule has 2 aliphatic rings. The van der Waals surface area contributed by atoms with Crippen molar-refractivity contribution in [2.24, 2.45) is 29.6 Å². The number of esters is 1. The van der Waals surface area contributed by atoms with Crippen molar-refractivity contribution in [2.75, 3.05) is 19.8 Å². The summed E-state index contributed by atoms with van der Waals surface area (Å²) in [5.74, 6) is -1.59. The zero-order valence-electron chi connectivity index (χ0n) is 14.2. The van der Waals surface area contributed by atoms with Crippen LogP contribution in [0.1, 0.15) is 12.8 Å². The summed E-state index contributed by atoms with van der Waals surface area (Å²) in [7, 11) is -5.61. The normalized spacial score (nSPS) is 29.7. The SMILES string of the molecule is C=C(COCC(F)(F)S(=O)(=O)O)C(=O)OCC1CC2CC1C(C#N)C2C#N. The van der Waals surface area contributed by atoms with Gasteiger partial charge < -0.3 is 9.47 Å². The van der Waals surface area contributed by atoms with Crippen molar-refractivity contribution in [3.63, 3.8) is 0 Å². The van der Waals surface area contributed by atoms with Crippen LogP contribution >= 0.6 is 0 Å². The molecule has 8 nitrogen and oxygen atoms in total. The Morgan fingerprint density at radius 1 is 1.26 bits per heavy atom. The van der Waals surface area contributed by atoms with E-state index in [4.69, 9.17) is 14.6 Å². The Balaban J connectivity index is 1.78. The van der Waals surface area contributed by atoms with Crippen LogP contribution in [0.25, 0.3) is 0 Å². The Morgan fingerprint density at radius 3 is 2.44 bits per heavy atom. The molecule has 11 heteroatoms. The third-order valence-electron chi connectivity index (χ3n) is 5.08. The number of hydrogen-bond donors (Lipinski definition) is 1. The lowest BCUT2D eigenvalue weighted by Crippen LogP contribution is -2.34. The van der Waals surface area contributed by atoms with Crippen LogP contribution in [-0.2, 0) is 24.4 Å². The summed E-state index contributed by atoms with van der Waals surface area (Å²) in [6.45, 7) is 1.01. The Hall–Kier alpha value is -2.08. The number of hydrogen-bond acceptors (Lipinski definition) is 7. The van der Waals surface area contributed by atoms with E-state index in [0.717, 1.165) is 6.42 Å². The Bertz CT molecular complexity index is 801. The minimum Gasteiger partial charge on any atom is -0.462 e. The van der Waals surface area contributed by atoms with Gasteiger partial charge in [-0.1, -0.05) is 6.58 Å². The highest BCUT2D eigenvalue weighted by molar-refractivity contribution is 7.86. The number of ether oxygens (including phenoxy) is 2. The molecule has 2 bridgehead atoms. The molecule has 0 radical (unpaired) electrons. The summed E-state index contributed by atoms with van der Waals surface area (Å²) < 4.78 is 64.7. The van der Waals surface area contributed by atoms with Gasteiger partial charge in [-0.15, -0.1) is 0 Å². The maximum absolute atomic E-state index is 13.0.